The number of carbonyl (C=O) groups excluding carboxylic acids is 3. The average Bonchev–Trinajstić information content (AvgIpc) is 3.33. The van der Waals surface area contributed by atoms with Gasteiger partial charge in [-0.05, 0) is 39.0 Å². The first-order chi connectivity index (χ1) is 17.1. The predicted octanol–water partition coefficient (Wildman–Crippen LogP) is 2.79. The van der Waals surface area contributed by atoms with E-state index in [9.17, 15) is 29.6 Å². The fourth-order valence-electron chi connectivity index (χ4n) is 4.06. The van der Waals surface area contributed by atoms with Crippen LogP contribution in [-0.4, -0.2) is 53.7 Å². The molecule has 0 spiro atoms. The third-order valence-corrected chi connectivity index (χ3v) is 7.16. The highest BCUT2D eigenvalue weighted by molar-refractivity contribution is 7.15. The Hall–Kier alpha value is -3.93. The van der Waals surface area contributed by atoms with Crippen LogP contribution in [0.5, 0.6) is 5.75 Å². The van der Waals surface area contributed by atoms with Crippen molar-refractivity contribution >= 4 is 34.2 Å². The molecule has 11 nitrogen and oxygen atoms in total. The van der Waals surface area contributed by atoms with Crippen molar-refractivity contribution in [2.75, 3.05) is 19.8 Å². The third kappa shape index (κ3) is 5.33. The van der Waals surface area contributed by atoms with Gasteiger partial charge in [-0.2, -0.15) is 0 Å². The lowest BCUT2D eigenvalue weighted by Gasteiger charge is -2.41. The van der Waals surface area contributed by atoms with Gasteiger partial charge in [-0.3, -0.25) is 19.7 Å². The van der Waals surface area contributed by atoms with Gasteiger partial charge in [0, 0.05) is 29.1 Å². The number of hydrogen-bond acceptors (Lipinski definition) is 10. The highest BCUT2D eigenvalue weighted by Gasteiger charge is 2.52. The van der Waals surface area contributed by atoms with E-state index in [0.29, 0.717) is 10.6 Å². The molecule has 2 unspecified atom stereocenters. The monoisotopic (exact) mass is 517 g/mol. The number of thiophene rings is 1. The predicted molar refractivity (Wildman–Crippen MR) is 131 cm³/mol. The lowest BCUT2D eigenvalue weighted by molar-refractivity contribution is -0.380. The Bertz CT molecular complexity index is 1210. The van der Waals surface area contributed by atoms with Crippen LogP contribution in [0.1, 0.15) is 42.4 Å². The minimum absolute atomic E-state index is 0.00476. The number of nitro groups is 1. The van der Waals surface area contributed by atoms with Crippen molar-refractivity contribution in [3.05, 3.63) is 68.2 Å². The van der Waals surface area contributed by atoms with Crippen molar-refractivity contribution in [1.82, 2.24) is 10.6 Å². The number of benzene rings is 1. The maximum Gasteiger partial charge on any atom is 0.335 e. The number of carbonyl (C=O) groups is 3. The van der Waals surface area contributed by atoms with Crippen LogP contribution >= 0.6 is 11.3 Å². The molecule has 0 radical (unpaired) electrons. The van der Waals surface area contributed by atoms with E-state index in [2.05, 4.69) is 10.6 Å². The van der Waals surface area contributed by atoms with Crippen LogP contribution in [-0.2, 0) is 24.5 Å². The van der Waals surface area contributed by atoms with Crippen LogP contribution in [0.15, 0.2) is 47.7 Å². The number of esters is 2. The van der Waals surface area contributed by atoms with E-state index in [1.54, 1.807) is 32.9 Å². The van der Waals surface area contributed by atoms with Crippen molar-refractivity contribution < 1.29 is 33.9 Å². The largest absolute Gasteiger partial charge is 0.507 e. The van der Waals surface area contributed by atoms with Crippen LogP contribution in [0.2, 0.25) is 0 Å². The van der Waals surface area contributed by atoms with Gasteiger partial charge >= 0.3 is 16.9 Å². The first-order valence-electron chi connectivity index (χ1n) is 11.2. The summed E-state index contributed by atoms with van der Waals surface area (Å²) in [6.45, 7) is 5.03. The van der Waals surface area contributed by atoms with E-state index in [4.69, 9.17) is 9.47 Å². The van der Waals surface area contributed by atoms with Gasteiger partial charge in [-0.1, -0.05) is 23.5 Å². The molecule has 0 fully saturated rings. The number of ether oxygens (including phenoxy) is 2. The molecule has 3 N–H and O–H groups in total. The van der Waals surface area contributed by atoms with E-state index < -0.39 is 34.2 Å². The standard InChI is InChI=1S/C24H27N3O8S/c1-4-34-23(31)24(19-9-10-20(36-19)27(32)33)13-17(14(2)26-15(24)3)22(30)35-12-11-25-21(29)16-7-5-6-8-18(16)28/h5-10,15,26,28H,4,11-13H2,1-3H3,(H,25,29). The number of para-hydroxylation sites is 1. The minimum atomic E-state index is -1.37. The molecule has 2 aromatic rings. The molecular formula is C24H27N3O8S. The first-order valence-corrected chi connectivity index (χ1v) is 12.0. The molecule has 0 aliphatic carbocycles. The molecular weight excluding hydrogens is 490 g/mol. The number of amides is 1. The molecule has 1 aromatic heterocycles. The van der Waals surface area contributed by atoms with E-state index in [-0.39, 0.29) is 48.1 Å². The second-order valence-corrected chi connectivity index (χ2v) is 9.20. The number of phenols is 1. The lowest BCUT2D eigenvalue weighted by Crippen LogP contribution is -2.55. The Labute approximate surface area is 211 Å². The molecule has 1 aliphatic heterocycles. The molecule has 0 saturated heterocycles. The minimum Gasteiger partial charge on any atom is -0.507 e. The maximum absolute atomic E-state index is 13.2. The topological polar surface area (TPSA) is 157 Å². The van der Waals surface area contributed by atoms with Crippen molar-refractivity contribution in [2.24, 2.45) is 0 Å². The smallest absolute Gasteiger partial charge is 0.335 e. The van der Waals surface area contributed by atoms with Crippen molar-refractivity contribution in [2.45, 2.75) is 38.6 Å². The molecule has 12 heteroatoms. The van der Waals surface area contributed by atoms with Gasteiger partial charge < -0.3 is 25.2 Å². The molecule has 0 saturated carbocycles. The summed E-state index contributed by atoms with van der Waals surface area (Å²) in [5.74, 6) is -1.98. The molecule has 1 amide bonds. The van der Waals surface area contributed by atoms with Gasteiger partial charge in [0.05, 0.1) is 29.2 Å². The van der Waals surface area contributed by atoms with Gasteiger partial charge in [0.15, 0.2) is 0 Å². The van der Waals surface area contributed by atoms with Crippen molar-refractivity contribution in [1.29, 1.82) is 0 Å². The van der Waals surface area contributed by atoms with Crippen molar-refractivity contribution in [3.8, 4) is 5.75 Å². The van der Waals surface area contributed by atoms with E-state index in [0.717, 1.165) is 11.3 Å². The second kappa shape index (κ2) is 11.2. The fourth-order valence-corrected chi connectivity index (χ4v) is 5.14. The van der Waals surface area contributed by atoms with Crippen LogP contribution in [0.3, 0.4) is 0 Å². The molecule has 2 heterocycles. The van der Waals surface area contributed by atoms with Gasteiger partial charge in [0.25, 0.3) is 5.91 Å². The van der Waals surface area contributed by atoms with Gasteiger partial charge in [-0.25, -0.2) is 4.79 Å². The van der Waals surface area contributed by atoms with Crippen LogP contribution in [0.4, 0.5) is 5.00 Å². The van der Waals surface area contributed by atoms with E-state index in [1.165, 1.54) is 24.3 Å². The zero-order valence-corrected chi connectivity index (χ0v) is 20.8. The number of hydrogen-bond donors (Lipinski definition) is 3. The van der Waals surface area contributed by atoms with Crippen LogP contribution in [0, 0.1) is 10.1 Å². The summed E-state index contributed by atoms with van der Waals surface area (Å²) in [6, 6.07) is 8.36. The summed E-state index contributed by atoms with van der Waals surface area (Å²) in [4.78, 5) is 49.5. The summed E-state index contributed by atoms with van der Waals surface area (Å²) >= 11 is 0.860. The SMILES string of the molecule is CCOC(=O)C1(c2ccc([N+](=O)[O-])s2)CC(C(=O)OCCNC(=O)c2ccccc2O)=C(C)NC1C. The Balaban J connectivity index is 1.75. The number of allylic oxidation sites excluding steroid dienone is 1. The molecule has 0 bridgehead atoms. The second-order valence-electron chi connectivity index (χ2n) is 8.14. The summed E-state index contributed by atoms with van der Waals surface area (Å²) in [5, 5.41) is 26.6. The fraction of sp³-hybridized carbons (Fsp3) is 0.375. The molecule has 192 valence electrons. The Morgan fingerprint density at radius 2 is 1.97 bits per heavy atom. The lowest BCUT2D eigenvalue weighted by atomic mass is 9.71. The number of rotatable bonds is 9. The number of nitrogens with one attached hydrogen (secondary N) is 2. The highest BCUT2D eigenvalue weighted by atomic mass is 32.1. The zero-order chi connectivity index (χ0) is 26.5. The molecule has 1 aromatic carbocycles. The van der Waals surface area contributed by atoms with Gasteiger partial charge in [-0.15, -0.1) is 0 Å². The Morgan fingerprint density at radius 3 is 2.61 bits per heavy atom. The van der Waals surface area contributed by atoms with Gasteiger partial charge in [0.1, 0.15) is 17.8 Å². The van der Waals surface area contributed by atoms with E-state index >= 15 is 0 Å². The highest BCUT2D eigenvalue weighted by Crippen LogP contribution is 2.44. The number of nitrogens with zero attached hydrogens (tertiary/aromatic N) is 1. The Morgan fingerprint density at radius 1 is 1.25 bits per heavy atom. The zero-order valence-electron chi connectivity index (χ0n) is 20.0. The van der Waals surface area contributed by atoms with E-state index in [1.807, 2.05) is 0 Å². The van der Waals surface area contributed by atoms with Crippen molar-refractivity contribution in [3.63, 3.8) is 0 Å². The molecule has 36 heavy (non-hydrogen) atoms. The summed E-state index contributed by atoms with van der Waals surface area (Å²) in [7, 11) is 0. The summed E-state index contributed by atoms with van der Waals surface area (Å²) < 4.78 is 10.7. The quantitative estimate of drug-likeness (QED) is 0.197. The van der Waals surface area contributed by atoms with Crippen LogP contribution < -0.4 is 10.6 Å². The van der Waals surface area contributed by atoms with Gasteiger partial charge in [0.2, 0.25) is 0 Å². The number of aromatic hydroxyl groups is 1. The maximum atomic E-state index is 13.2. The molecule has 3 rings (SSSR count). The first kappa shape index (κ1) is 26.7. The molecule has 2 atom stereocenters. The average molecular weight is 518 g/mol. The Kier molecular flexibility index (Phi) is 8.30. The third-order valence-electron chi connectivity index (χ3n) is 5.95. The number of phenolic OH excluding ortho intramolecular Hbond substituents is 1. The molecule has 1 aliphatic rings. The van der Waals surface area contributed by atoms with Crippen LogP contribution in [0.25, 0.3) is 0 Å². The summed E-state index contributed by atoms with van der Waals surface area (Å²) in [5.41, 5.74) is -0.569. The summed E-state index contributed by atoms with van der Waals surface area (Å²) in [6.07, 6.45) is -0.0768. The normalized spacial score (nSPS) is 19.2.